The summed E-state index contributed by atoms with van der Waals surface area (Å²) in [7, 11) is -2.26. The number of nitrogens with one attached hydrogen (secondary N) is 1. The number of fused-ring (bicyclic) bond motifs is 3. The summed E-state index contributed by atoms with van der Waals surface area (Å²) in [5.74, 6) is 0.598. The first-order valence-electron chi connectivity index (χ1n) is 18.2. The summed E-state index contributed by atoms with van der Waals surface area (Å²) in [5.41, 5.74) is 4.80. The van der Waals surface area contributed by atoms with Crippen molar-refractivity contribution in [2.45, 2.75) is 103 Å². The summed E-state index contributed by atoms with van der Waals surface area (Å²) in [6.07, 6.45) is 8.78. The number of likely N-dealkylation sites (tertiary alicyclic amines) is 1. The summed E-state index contributed by atoms with van der Waals surface area (Å²) in [4.78, 5) is 16.3. The van der Waals surface area contributed by atoms with Gasteiger partial charge in [-0.2, -0.15) is 4.31 Å². The molecule has 0 radical (unpaired) electrons. The van der Waals surface area contributed by atoms with Crippen LogP contribution in [0, 0.1) is 0 Å². The maximum atomic E-state index is 14.1. The molecular formula is C40H54N4O4S. The second kappa shape index (κ2) is 16.8. The number of methoxy groups -OCH3 is 1. The fourth-order valence-electron chi connectivity index (χ4n) is 7.27. The van der Waals surface area contributed by atoms with Crippen LogP contribution in [0.25, 0.3) is 10.8 Å². The van der Waals surface area contributed by atoms with Gasteiger partial charge >= 0.3 is 0 Å². The fraction of sp³-hybridized carbons (Fsp3) is 0.475. The monoisotopic (exact) mass is 686 g/mol. The molecule has 0 bridgehead atoms. The lowest BCUT2D eigenvalue weighted by Crippen LogP contribution is -2.45. The van der Waals surface area contributed by atoms with E-state index in [1.54, 1.807) is 19.2 Å². The van der Waals surface area contributed by atoms with E-state index in [4.69, 9.17) is 4.74 Å². The lowest BCUT2D eigenvalue weighted by molar-refractivity contribution is -0.122. The highest BCUT2D eigenvalue weighted by Gasteiger charge is 2.38. The summed E-state index contributed by atoms with van der Waals surface area (Å²) in [6.45, 7) is 12.4. The molecule has 2 atom stereocenters. The van der Waals surface area contributed by atoms with Crippen molar-refractivity contribution in [3.63, 3.8) is 0 Å². The molecule has 7 rings (SSSR count). The van der Waals surface area contributed by atoms with Crippen LogP contribution in [0.1, 0.15) is 88.2 Å². The van der Waals surface area contributed by atoms with Gasteiger partial charge in [0.2, 0.25) is 15.9 Å². The van der Waals surface area contributed by atoms with Crippen LogP contribution in [0.3, 0.4) is 0 Å². The number of carbonyl (C=O) groups is 1. The fourth-order valence-corrected chi connectivity index (χ4v) is 8.90. The van der Waals surface area contributed by atoms with Gasteiger partial charge in [0.15, 0.2) is 0 Å². The van der Waals surface area contributed by atoms with Gasteiger partial charge < -0.3 is 14.6 Å². The Bertz CT molecular complexity index is 1810. The molecule has 1 saturated heterocycles. The highest BCUT2D eigenvalue weighted by atomic mass is 32.2. The van der Waals surface area contributed by atoms with Crippen molar-refractivity contribution < 1.29 is 17.9 Å². The van der Waals surface area contributed by atoms with Crippen LogP contribution >= 0.6 is 0 Å². The molecule has 1 aromatic heterocycles. The minimum absolute atomic E-state index is 0.0145. The lowest BCUT2D eigenvalue weighted by Gasteiger charge is -2.36. The van der Waals surface area contributed by atoms with E-state index in [1.165, 1.54) is 59.8 Å². The van der Waals surface area contributed by atoms with E-state index in [0.29, 0.717) is 13.1 Å². The Hall–Kier alpha value is -3.66. The highest BCUT2D eigenvalue weighted by Crippen LogP contribution is 2.35. The molecule has 4 aromatic rings. The molecule has 0 saturated carbocycles. The van der Waals surface area contributed by atoms with E-state index in [0.717, 1.165) is 41.6 Å². The highest BCUT2D eigenvalue weighted by molar-refractivity contribution is 7.89. The average Bonchev–Trinajstić information content (AvgIpc) is 3.76. The summed E-state index contributed by atoms with van der Waals surface area (Å²) in [5, 5.41) is 4.98. The molecule has 1 N–H and O–H groups in total. The molecule has 9 heteroatoms. The normalized spacial score (nSPS) is 19.1. The van der Waals surface area contributed by atoms with Gasteiger partial charge in [0.1, 0.15) is 5.75 Å². The van der Waals surface area contributed by atoms with Gasteiger partial charge in [0.05, 0.1) is 18.0 Å². The predicted octanol–water partition coefficient (Wildman–Crippen LogP) is 7.50. The largest absolute Gasteiger partial charge is 0.497 e. The van der Waals surface area contributed by atoms with Gasteiger partial charge in [-0.05, 0) is 103 Å². The molecule has 2 aliphatic heterocycles. The molecule has 1 amide bonds. The van der Waals surface area contributed by atoms with Crippen molar-refractivity contribution >= 4 is 26.7 Å². The van der Waals surface area contributed by atoms with Crippen LogP contribution in [0.5, 0.6) is 5.75 Å². The van der Waals surface area contributed by atoms with Crippen LogP contribution < -0.4 is 10.1 Å². The number of rotatable bonds is 8. The number of aromatic nitrogens is 1. The summed E-state index contributed by atoms with van der Waals surface area (Å²) >= 11 is 0. The third kappa shape index (κ3) is 8.56. The van der Waals surface area contributed by atoms with E-state index >= 15 is 0 Å². The molecule has 1 aliphatic carbocycles. The van der Waals surface area contributed by atoms with Crippen LogP contribution in [0.2, 0.25) is 0 Å². The Balaban J connectivity index is 0.000000889. The van der Waals surface area contributed by atoms with Crippen LogP contribution in [-0.4, -0.2) is 60.9 Å². The van der Waals surface area contributed by atoms with Crippen molar-refractivity contribution in [1.82, 2.24) is 19.1 Å². The van der Waals surface area contributed by atoms with Crippen molar-refractivity contribution in [3.05, 3.63) is 95.3 Å². The molecule has 2 unspecified atom stereocenters. The first-order valence-corrected chi connectivity index (χ1v) is 19.6. The number of sulfonamides is 1. The van der Waals surface area contributed by atoms with Crippen LogP contribution in [0.15, 0.2) is 77.8 Å². The molecule has 3 heterocycles. The second-order valence-corrected chi connectivity index (χ2v) is 15.0. The molecule has 1 fully saturated rings. The Morgan fingerprint density at radius 2 is 1.57 bits per heavy atom. The van der Waals surface area contributed by atoms with Crippen molar-refractivity contribution in [2.75, 3.05) is 26.7 Å². The van der Waals surface area contributed by atoms with E-state index in [2.05, 4.69) is 46.8 Å². The Kier molecular flexibility index (Phi) is 12.6. The van der Waals surface area contributed by atoms with Gasteiger partial charge in [-0.15, -0.1) is 0 Å². The molecule has 264 valence electrons. The maximum Gasteiger partial charge on any atom is 0.243 e. The number of hydrogen-bond donors (Lipinski definition) is 1. The van der Waals surface area contributed by atoms with Gasteiger partial charge in [-0.3, -0.25) is 9.69 Å². The molecule has 8 nitrogen and oxygen atoms in total. The predicted molar refractivity (Wildman–Crippen MR) is 198 cm³/mol. The third-order valence-corrected chi connectivity index (χ3v) is 11.4. The minimum Gasteiger partial charge on any atom is -0.497 e. The number of hydrogen-bond acceptors (Lipinski definition) is 5. The van der Waals surface area contributed by atoms with Crippen molar-refractivity contribution in [3.8, 4) is 5.75 Å². The molecule has 0 spiro atoms. The maximum absolute atomic E-state index is 14.1. The Morgan fingerprint density at radius 1 is 0.857 bits per heavy atom. The number of nitrogens with zero attached hydrogens (tertiary/aromatic N) is 3. The quantitative estimate of drug-likeness (QED) is 0.208. The molecule has 49 heavy (non-hydrogen) atoms. The van der Waals surface area contributed by atoms with E-state index in [-0.39, 0.29) is 23.3 Å². The van der Waals surface area contributed by atoms with Gasteiger partial charge in [0, 0.05) is 44.0 Å². The summed E-state index contributed by atoms with van der Waals surface area (Å²) in [6, 6.07) is 20.8. The smallest absolute Gasteiger partial charge is 0.243 e. The first-order chi connectivity index (χ1) is 23.8. The van der Waals surface area contributed by atoms with Gasteiger partial charge in [-0.25, -0.2) is 8.42 Å². The van der Waals surface area contributed by atoms with Crippen LogP contribution in [0.4, 0.5) is 0 Å². The first kappa shape index (κ1) is 36.6. The number of amides is 1. The third-order valence-electron chi connectivity index (χ3n) is 9.54. The lowest BCUT2D eigenvalue weighted by atomic mass is 10.0. The average molecular weight is 687 g/mol. The number of ether oxygens (including phenoxy) is 1. The van der Waals surface area contributed by atoms with E-state index in [1.807, 2.05) is 56.4 Å². The van der Waals surface area contributed by atoms with Crippen molar-refractivity contribution in [2.24, 2.45) is 0 Å². The zero-order chi connectivity index (χ0) is 35.0. The zero-order valence-corrected chi connectivity index (χ0v) is 30.8. The van der Waals surface area contributed by atoms with Crippen LogP contribution in [-0.2, 0) is 40.7 Å². The summed E-state index contributed by atoms with van der Waals surface area (Å²) < 4.78 is 37.1. The topological polar surface area (TPSA) is 83.9 Å². The van der Waals surface area contributed by atoms with Crippen molar-refractivity contribution in [1.29, 1.82) is 0 Å². The standard InChI is InChI=1S/C35H40N4O4S.C3H8.C2H6/c1-43-31-11-9-28-22-32(12-10-27(28)21-31)44(41,42)39-17-16-38-15-5-6-33(38)34(39)23-35(40)36-30-19-26-8-7-25(18-29(26)20-30)24-37-13-3-2-4-14-37;1-3-2;1-2/h5-12,15,18,21-22,30,34H,2-4,13-14,16-17,19-20,23-24H2,1H3,(H,36,40);3H2,1-2H3;1-2H3. The van der Waals surface area contributed by atoms with E-state index in [9.17, 15) is 13.2 Å². The second-order valence-electron chi connectivity index (χ2n) is 13.2. The Morgan fingerprint density at radius 3 is 2.33 bits per heavy atom. The molecular weight excluding hydrogens is 633 g/mol. The number of piperidine rings is 1. The Labute approximate surface area is 293 Å². The van der Waals surface area contributed by atoms with Gasteiger partial charge in [0.25, 0.3) is 0 Å². The molecule has 3 aliphatic rings. The minimum atomic E-state index is -3.87. The zero-order valence-electron chi connectivity index (χ0n) is 30.0. The SMILES string of the molecule is CC.CCC.COc1ccc2cc(S(=O)(=O)N3CCn4cccc4C3CC(=O)NC3Cc4ccc(CN5CCCCC5)cc4C3)ccc2c1. The molecule has 3 aromatic carbocycles. The number of carbonyl (C=O) groups excluding carboxylic acids is 1. The van der Waals surface area contributed by atoms with E-state index < -0.39 is 16.1 Å². The van der Waals surface area contributed by atoms with Gasteiger partial charge in [-0.1, -0.05) is 70.9 Å². The number of benzene rings is 3.